The first kappa shape index (κ1) is 21.4. The van der Waals surface area contributed by atoms with Gasteiger partial charge in [0.15, 0.2) is 5.75 Å². The van der Waals surface area contributed by atoms with Crippen LogP contribution in [0.4, 0.5) is 10.1 Å². The van der Waals surface area contributed by atoms with Gasteiger partial charge in [0.2, 0.25) is 21.8 Å². The summed E-state index contributed by atoms with van der Waals surface area (Å²) >= 11 is 0. The molecule has 0 spiro atoms. The van der Waals surface area contributed by atoms with Crippen molar-refractivity contribution < 1.29 is 22.3 Å². The number of nitrogens with one attached hydrogen (secondary N) is 3. The highest BCUT2D eigenvalue weighted by Crippen LogP contribution is 2.31. The number of anilines is 1. The molecular weight excluding hydrogens is 415 g/mol. The van der Waals surface area contributed by atoms with Crippen LogP contribution in [0.15, 0.2) is 30.6 Å². The molecule has 1 fully saturated rings. The Morgan fingerprint density at radius 1 is 1.40 bits per heavy atom. The average Bonchev–Trinajstić information content (AvgIpc) is 2.68. The number of hydrogen-bond donors (Lipinski definition) is 3. The minimum atomic E-state index is -3.81. The quantitative estimate of drug-likeness (QED) is 0.642. The van der Waals surface area contributed by atoms with E-state index < -0.39 is 33.0 Å². The molecule has 1 atom stereocenters. The van der Waals surface area contributed by atoms with E-state index in [4.69, 9.17) is 10.1 Å². The second kappa shape index (κ2) is 7.86. The molecular formula is C18H21FN6O4S. The Kier molecular flexibility index (Phi) is 5.61. The molecule has 1 aliphatic heterocycles. The van der Waals surface area contributed by atoms with Gasteiger partial charge < -0.3 is 15.4 Å². The summed E-state index contributed by atoms with van der Waals surface area (Å²) in [6.07, 6.45) is 2.73. The zero-order valence-corrected chi connectivity index (χ0v) is 17.4. The maximum atomic E-state index is 14.6. The number of halogens is 1. The third-order valence-corrected chi connectivity index (χ3v) is 6.52. The lowest BCUT2D eigenvalue weighted by atomic mass is 9.93. The van der Waals surface area contributed by atoms with E-state index in [2.05, 4.69) is 20.6 Å². The van der Waals surface area contributed by atoms with E-state index in [0.717, 1.165) is 10.4 Å². The first-order valence-electron chi connectivity index (χ1n) is 8.95. The maximum Gasteiger partial charge on any atom is 0.293 e. The summed E-state index contributed by atoms with van der Waals surface area (Å²) < 4.78 is 45.3. The van der Waals surface area contributed by atoms with Gasteiger partial charge in [-0.05, 0) is 32.0 Å². The van der Waals surface area contributed by atoms with E-state index in [-0.39, 0.29) is 23.0 Å². The first-order chi connectivity index (χ1) is 14.1. The highest BCUT2D eigenvalue weighted by Gasteiger charge is 2.43. The molecule has 160 valence electrons. The fourth-order valence-corrected chi connectivity index (χ4v) is 4.48. The lowest BCUT2D eigenvalue weighted by Crippen LogP contribution is -2.61. The molecule has 1 amide bonds. The molecule has 1 saturated heterocycles. The molecule has 1 aromatic heterocycles. The molecule has 1 aromatic carbocycles. The SMILES string of the molecule is CCOc1cnc(C(=O)Nc2ccc(F)c([C@]3(C)CS(=O)(=O)N(C)C(=N)N3)c2)nc1. The van der Waals surface area contributed by atoms with Crippen molar-refractivity contribution in [1.29, 1.82) is 5.41 Å². The fraction of sp³-hybridized carbons (Fsp3) is 0.333. The number of ether oxygens (including phenoxy) is 1. The predicted molar refractivity (Wildman–Crippen MR) is 107 cm³/mol. The third-order valence-electron chi connectivity index (χ3n) is 4.56. The molecule has 3 rings (SSSR count). The van der Waals surface area contributed by atoms with Crippen LogP contribution in [-0.2, 0) is 15.6 Å². The Hall–Kier alpha value is -3.28. The minimum Gasteiger partial charge on any atom is -0.491 e. The third kappa shape index (κ3) is 4.17. The van der Waals surface area contributed by atoms with Crippen molar-refractivity contribution in [3.63, 3.8) is 0 Å². The molecule has 3 N–H and O–H groups in total. The normalized spacial score (nSPS) is 20.4. The van der Waals surface area contributed by atoms with E-state index in [1.165, 1.54) is 38.5 Å². The van der Waals surface area contributed by atoms with Crippen LogP contribution >= 0.6 is 0 Å². The molecule has 0 unspecified atom stereocenters. The number of hydrogen-bond acceptors (Lipinski definition) is 7. The summed E-state index contributed by atoms with van der Waals surface area (Å²) in [6, 6.07) is 3.78. The highest BCUT2D eigenvalue weighted by molar-refractivity contribution is 7.89. The minimum absolute atomic E-state index is 0.00524. The number of amides is 1. The van der Waals surface area contributed by atoms with Crippen molar-refractivity contribution in [2.24, 2.45) is 0 Å². The van der Waals surface area contributed by atoms with Crippen LogP contribution in [0.1, 0.15) is 30.0 Å². The summed E-state index contributed by atoms with van der Waals surface area (Å²) in [5, 5.41) is 13.2. The molecule has 0 radical (unpaired) electrons. The number of carbonyl (C=O) groups is 1. The number of rotatable bonds is 5. The lowest BCUT2D eigenvalue weighted by Gasteiger charge is -2.40. The van der Waals surface area contributed by atoms with E-state index in [1.807, 2.05) is 0 Å². The highest BCUT2D eigenvalue weighted by atomic mass is 32.2. The van der Waals surface area contributed by atoms with Gasteiger partial charge in [-0.15, -0.1) is 0 Å². The van der Waals surface area contributed by atoms with Gasteiger partial charge in [0.25, 0.3) is 5.91 Å². The zero-order chi connectivity index (χ0) is 22.1. The van der Waals surface area contributed by atoms with Crippen molar-refractivity contribution >= 4 is 27.6 Å². The van der Waals surface area contributed by atoms with Gasteiger partial charge in [-0.1, -0.05) is 0 Å². The molecule has 0 saturated carbocycles. The second-order valence-electron chi connectivity index (χ2n) is 6.85. The van der Waals surface area contributed by atoms with Gasteiger partial charge in [-0.25, -0.2) is 27.1 Å². The summed E-state index contributed by atoms with van der Waals surface area (Å²) in [6.45, 7) is 3.72. The van der Waals surface area contributed by atoms with Gasteiger partial charge in [0, 0.05) is 18.3 Å². The number of guanidine groups is 1. The van der Waals surface area contributed by atoms with Gasteiger partial charge in [0.1, 0.15) is 5.82 Å². The monoisotopic (exact) mass is 436 g/mol. The zero-order valence-electron chi connectivity index (χ0n) is 16.6. The molecule has 0 bridgehead atoms. The lowest BCUT2D eigenvalue weighted by molar-refractivity contribution is 0.101. The molecule has 10 nitrogen and oxygen atoms in total. The molecule has 2 heterocycles. The van der Waals surface area contributed by atoms with Gasteiger partial charge in [0.05, 0.1) is 30.3 Å². The van der Waals surface area contributed by atoms with Crippen molar-refractivity contribution in [3.05, 3.63) is 47.8 Å². The van der Waals surface area contributed by atoms with Crippen LogP contribution in [0.2, 0.25) is 0 Å². The van der Waals surface area contributed by atoms with E-state index in [1.54, 1.807) is 6.92 Å². The van der Waals surface area contributed by atoms with Crippen LogP contribution in [0, 0.1) is 11.2 Å². The maximum absolute atomic E-state index is 14.6. The van der Waals surface area contributed by atoms with Crippen LogP contribution in [0.25, 0.3) is 0 Å². The predicted octanol–water partition coefficient (Wildman–Crippen LogP) is 1.28. The number of benzene rings is 1. The van der Waals surface area contributed by atoms with E-state index in [9.17, 15) is 17.6 Å². The summed E-state index contributed by atoms with van der Waals surface area (Å²) in [7, 11) is -2.57. The summed E-state index contributed by atoms with van der Waals surface area (Å²) in [4.78, 5) is 20.3. The number of carbonyl (C=O) groups excluding carboxylic acids is 1. The van der Waals surface area contributed by atoms with Crippen molar-refractivity contribution in [2.45, 2.75) is 19.4 Å². The van der Waals surface area contributed by atoms with E-state index >= 15 is 0 Å². The topological polar surface area (TPSA) is 137 Å². The fourth-order valence-electron chi connectivity index (χ4n) is 3.01. The Bertz CT molecular complexity index is 1090. The van der Waals surface area contributed by atoms with Crippen LogP contribution in [-0.4, -0.2) is 54.0 Å². The molecule has 0 aliphatic carbocycles. The van der Waals surface area contributed by atoms with Gasteiger partial charge in [-0.2, -0.15) is 0 Å². The molecule has 30 heavy (non-hydrogen) atoms. The number of nitrogens with zero attached hydrogens (tertiary/aromatic N) is 3. The standard InChI is InChI=1S/C18H21FN6O4S/c1-4-29-12-8-21-15(22-9-12)16(26)23-11-5-6-14(19)13(7-11)18(2)10-30(27,28)25(3)17(20)24-18/h5-9H,4,10H2,1-3H3,(H2,20,24)(H,23,26)/t18-/m0/s1. The summed E-state index contributed by atoms with van der Waals surface area (Å²) in [5.41, 5.74) is -1.18. The second-order valence-corrected chi connectivity index (χ2v) is 8.85. The van der Waals surface area contributed by atoms with Gasteiger partial charge in [-0.3, -0.25) is 10.2 Å². The molecule has 12 heteroatoms. The smallest absolute Gasteiger partial charge is 0.293 e. The Labute approximate surface area is 173 Å². The van der Waals surface area contributed by atoms with Crippen LogP contribution in [0.5, 0.6) is 5.75 Å². The average molecular weight is 436 g/mol. The molecule has 1 aliphatic rings. The van der Waals surface area contributed by atoms with Crippen molar-refractivity contribution in [3.8, 4) is 5.75 Å². The van der Waals surface area contributed by atoms with Crippen molar-refractivity contribution in [1.82, 2.24) is 19.6 Å². The van der Waals surface area contributed by atoms with Crippen LogP contribution < -0.4 is 15.4 Å². The Morgan fingerprint density at radius 3 is 2.67 bits per heavy atom. The number of sulfonamides is 1. The number of aromatic nitrogens is 2. The summed E-state index contributed by atoms with van der Waals surface area (Å²) in [5.74, 6) is -1.83. The first-order valence-corrected chi connectivity index (χ1v) is 10.6. The Morgan fingerprint density at radius 2 is 2.07 bits per heavy atom. The van der Waals surface area contributed by atoms with Gasteiger partial charge >= 0.3 is 0 Å². The van der Waals surface area contributed by atoms with E-state index in [0.29, 0.717) is 12.4 Å². The largest absolute Gasteiger partial charge is 0.491 e. The van der Waals surface area contributed by atoms with Crippen LogP contribution in [0.3, 0.4) is 0 Å². The van der Waals surface area contributed by atoms with Crippen molar-refractivity contribution in [2.75, 3.05) is 24.7 Å². The molecule has 2 aromatic rings. The Balaban J connectivity index is 1.86.